The molecule has 11 heteroatoms. The Hall–Kier alpha value is -2.08. The first-order valence-corrected chi connectivity index (χ1v) is 13.9. The predicted octanol–water partition coefficient (Wildman–Crippen LogP) is 3.32. The Kier molecular flexibility index (Phi) is 10.1. The van der Waals surface area contributed by atoms with Crippen LogP contribution in [0.1, 0.15) is 32.8 Å². The molecule has 1 aliphatic heterocycles. The van der Waals surface area contributed by atoms with Crippen molar-refractivity contribution in [2.45, 2.75) is 49.8 Å². The van der Waals surface area contributed by atoms with Crippen molar-refractivity contribution < 1.29 is 32.2 Å². The lowest BCUT2D eigenvalue weighted by Gasteiger charge is -2.38. The van der Waals surface area contributed by atoms with Crippen molar-refractivity contribution in [3.8, 4) is 0 Å². The van der Waals surface area contributed by atoms with E-state index in [9.17, 15) is 22.7 Å². The van der Waals surface area contributed by atoms with Gasteiger partial charge in [-0.25, -0.2) is 12.8 Å². The third-order valence-electron chi connectivity index (χ3n) is 6.25. The Balaban J connectivity index is 1.88. The molecule has 0 aromatic heterocycles. The summed E-state index contributed by atoms with van der Waals surface area (Å²) in [6.07, 6.45) is -0.827. The van der Waals surface area contributed by atoms with Crippen LogP contribution in [0.2, 0.25) is 5.02 Å². The van der Waals surface area contributed by atoms with Crippen LogP contribution in [-0.4, -0.2) is 68.9 Å². The van der Waals surface area contributed by atoms with Gasteiger partial charge in [0.05, 0.1) is 34.3 Å². The lowest BCUT2D eigenvalue weighted by Crippen LogP contribution is -2.57. The van der Waals surface area contributed by atoms with Crippen molar-refractivity contribution >= 4 is 27.5 Å². The molecule has 1 heterocycles. The van der Waals surface area contributed by atoms with Crippen LogP contribution in [0.5, 0.6) is 0 Å². The first-order chi connectivity index (χ1) is 17.4. The van der Waals surface area contributed by atoms with E-state index in [1.807, 2.05) is 13.8 Å². The van der Waals surface area contributed by atoms with Crippen LogP contribution in [-0.2, 0) is 29.8 Å². The molecule has 2 aromatic carbocycles. The highest BCUT2D eigenvalue weighted by atomic mass is 35.5. The minimum atomic E-state index is -4.15. The monoisotopic (exact) mass is 556 g/mol. The fraction of sp³-hybridized carbons (Fsp3) is 0.500. The summed E-state index contributed by atoms with van der Waals surface area (Å²) in [7, 11) is -4.15. The number of halogens is 2. The third-order valence-corrected chi connectivity index (χ3v) is 8.37. The number of amides is 1. The minimum Gasteiger partial charge on any atom is -0.389 e. The molecule has 3 rings (SSSR count). The van der Waals surface area contributed by atoms with Crippen LogP contribution in [0.15, 0.2) is 53.4 Å². The number of aliphatic hydroxyl groups is 1. The molecule has 2 N–H and O–H groups in total. The SMILES string of the molecule is CC(C)CN(C[C@@H](O)[C@@](C)(NC(=O)COC1CCOC1)c1ccccc1)S(=O)(=O)c1ccc(F)c(Cl)c1. The molecule has 0 saturated carbocycles. The predicted molar refractivity (Wildman–Crippen MR) is 138 cm³/mol. The number of nitrogens with zero attached hydrogens (tertiary/aromatic N) is 1. The summed E-state index contributed by atoms with van der Waals surface area (Å²) in [5, 5.41) is 14.0. The molecule has 0 aliphatic carbocycles. The van der Waals surface area contributed by atoms with E-state index in [-0.39, 0.29) is 41.6 Å². The lowest BCUT2D eigenvalue weighted by atomic mass is 9.86. The topological polar surface area (TPSA) is 105 Å². The van der Waals surface area contributed by atoms with E-state index in [1.165, 1.54) is 0 Å². The number of sulfonamides is 1. The third kappa shape index (κ3) is 7.49. The van der Waals surface area contributed by atoms with Gasteiger partial charge >= 0.3 is 0 Å². The molecular weight excluding hydrogens is 523 g/mol. The summed E-state index contributed by atoms with van der Waals surface area (Å²) in [6.45, 7) is 5.83. The normalized spacial score (nSPS) is 18.6. The highest BCUT2D eigenvalue weighted by molar-refractivity contribution is 7.89. The Morgan fingerprint density at radius 2 is 1.97 bits per heavy atom. The van der Waals surface area contributed by atoms with Gasteiger partial charge in [0.15, 0.2) is 0 Å². The van der Waals surface area contributed by atoms with Gasteiger partial charge in [0.25, 0.3) is 0 Å². The number of hydrogen-bond acceptors (Lipinski definition) is 6. The zero-order valence-electron chi connectivity index (χ0n) is 21.2. The zero-order valence-corrected chi connectivity index (χ0v) is 22.8. The van der Waals surface area contributed by atoms with Crippen LogP contribution in [0.25, 0.3) is 0 Å². The number of ether oxygens (including phenoxy) is 2. The number of hydrogen-bond donors (Lipinski definition) is 2. The Labute approximate surface area is 222 Å². The van der Waals surface area contributed by atoms with Crippen molar-refractivity contribution in [1.29, 1.82) is 0 Å². The van der Waals surface area contributed by atoms with Gasteiger partial charge in [-0.05, 0) is 43.0 Å². The average Bonchev–Trinajstić information content (AvgIpc) is 3.38. The molecule has 1 aliphatic rings. The van der Waals surface area contributed by atoms with Crippen molar-refractivity contribution in [2.24, 2.45) is 5.92 Å². The fourth-order valence-corrected chi connectivity index (χ4v) is 6.02. The number of rotatable bonds is 12. The van der Waals surface area contributed by atoms with Gasteiger partial charge in [0.1, 0.15) is 12.4 Å². The summed E-state index contributed by atoms with van der Waals surface area (Å²) in [6, 6.07) is 12.0. The van der Waals surface area contributed by atoms with Crippen LogP contribution < -0.4 is 5.32 Å². The van der Waals surface area contributed by atoms with E-state index in [4.69, 9.17) is 21.1 Å². The molecule has 2 aromatic rings. The van der Waals surface area contributed by atoms with Gasteiger partial charge in [-0.3, -0.25) is 4.79 Å². The molecule has 0 bridgehead atoms. The largest absolute Gasteiger partial charge is 0.389 e. The second kappa shape index (κ2) is 12.6. The molecule has 1 saturated heterocycles. The average molecular weight is 557 g/mol. The molecule has 8 nitrogen and oxygen atoms in total. The second-order valence-corrected chi connectivity index (χ2v) is 12.1. The van der Waals surface area contributed by atoms with Crippen molar-refractivity contribution in [2.75, 3.05) is 32.9 Å². The highest BCUT2D eigenvalue weighted by Crippen LogP contribution is 2.29. The molecular formula is C26H34ClFN2O6S. The Morgan fingerprint density at radius 1 is 1.27 bits per heavy atom. The van der Waals surface area contributed by atoms with Crippen molar-refractivity contribution in [3.05, 3.63) is 64.9 Å². The minimum absolute atomic E-state index is 0.0813. The van der Waals surface area contributed by atoms with Gasteiger partial charge in [-0.1, -0.05) is 55.8 Å². The molecule has 0 radical (unpaired) electrons. The number of benzene rings is 2. The van der Waals surface area contributed by atoms with Gasteiger partial charge in [-0.2, -0.15) is 4.31 Å². The second-order valence-electron chi connectivity index (χ2n) is 9.72. The zero-order chi connectivity index (χ0) is 27.2. The summed E-state index contributed by atoms with van der Waals surface area (Å²) in [4.78, 5) is 12.7. The van der Waals surface area contributed by atoms with Crippen molar-refractivity contribution in [3.63, 3.8) is 0 Å². The molecule has 1 amide bonds. The van der Waals surface area contributed by atoms with E-state index in [1.54, 1.807) is 37.3 Å². The Bertz CT molecular complexity index is 1160. The number of carbonyl (C=O) groups is 1. The van der Waals surface area contributed by atoms with E-state index in [0.29, 0.717) is 25.2 Å². The maximum Gasteiger partial charge on any atom is 0.246 e. The summed E-state index contributed by atoms with van der Waals surface area (Å²) < 4.78 is 52.8. The van der Waals surface area contributed by atoms with Gasteiger partial charge in [0.2, 0.25) is 15.9 Å². The van der Waals surface area contributed by atoms with Gasteiger partial charge in [0, 0.05) is 19.7 Å². The first kappa shape index (κ1) is 29.5. The number of aliphatic hydroxyl groups excluding tert-OH is 1. The number of carbonyl (C=O) groups excluding carboxylic acids is 1. The van der Waals surface area contributed by atoms with Crippen LogP contribution in [0, 0.1) is 11.7 Å². The molecule has 37 heavy (non-hydrogen) atoms. The summed E-state index contributed by atoms with van der Waals surface area (Å²) in [5.74, 6) is -1.28. The fourth-order valence-electron chi connectivity index (χ4n) is 4.14. The standard InChI is InChI=1S/C26H34ClFN2O6S/c1-18(2)14-30(37(33,34)21-9-10-23(28)22(27)13-21)15-24(31)26(3,19-7-5-4-6-8-19)29-25(32)17-36-20-11-12-35-16-20/h4-10,13,18,20,24,31H,11-12,14-17H2,1-3H3,(H,29,32)/t20?,24-,26+/m1/s1. The maximum absolute atomic E-state index is 13.7. The maximum atomic E-state index is 13.7. The lowest BCUT2D eigenvalue weighted by molar-refractivity contribution is -0.131. The van der Waals surface area contributed by atoms with E-state index in [0.717, 1.165) is 22.5 Å². The van der Waals surface area contributed by atoms with E-state index < -0.39 is 33.4 Å². The Morgan fingerprint density at radius 3 is 2.57 bits per heavy atom. The first-order valence-electron chi connectivity index (χ1n) is 12.1. The molecule has 1 unspecified atom stereocenters. The summed E-state index contributed by atoms with van der Waals surface area (Å²) >= 11 is 5.85. The molecule has 1 fully saturated rings. The van der Waals surface area contributed by atoms with Gasteiger partial charge in [-0.15, -0.1) is 0 Å². The van der Waals surface area contributed by atoms with Crippen LogP contribution >= 0.6 is 11.6 Å². The molecule has 3 atom stereocenters. The molecule has 204 valence electrons. The van der Waals surface area contributed by atoms with E-state index in [2.05, 4.69) is 5.32 Å². The quantitative estimate of drug-likeness (QED) is 0.415. The van der Waals surface area contributed by atoms with Gasteiger partial charge < -0.3 is 19.9 Å². The smallest absolute Gasteiger partial charge is 0.246 e. The summed E-state index contributed by atoms with van der Waals surface area (Å²) in [5.41, 5.74) is -0.759. The highest BCUT2D eigenvalue weighted by Gasteiger charge is 2.40. The van der Waals surface area contributed by atoms with E-state index >= 15 is 0 Å². The van der Waals surface area contributed by atoms with Crippen molar-refractivity contribution in [1.82, 2.24) is 9.62 Å². The number of nitrogens with one attached hydrogen (secondary N) is 1. The van der Waals surface area contributed by atoms with Crippen LogP contribution in [0.4, 0.5) is 4.39 Å². The van der Waals surface area contributed by atoms with Crippen LogP contribution in [0.3, 0.4) is 0 Å². The molecule has 0 spiro atoms.